The number of aromatic nitrogens is 2. The predicted molar refractivity (Wildman–Crippen MR) is 88.4 cm³/mol. The van der Waals surface area contributed by atoms with Gasteiger partial charge in [0.1, 0.15) is 0 Å². The molecule has 1 aliphatic heterocycles. The molecule has 1 atom stereocenters. The maximum Gasteiger partial charge on any atom is 0.0765 e. The zero-order valence-corrected chi connectivity index (χ0v) is 14.2. The maximum absolute atomic E-state index is 4.81. The molecule has 1 aliphatic rings. The van der Waals surface area contributed by atoms with Crippen LogP contribution in [0.15, 0.2) is 12.3 Å². The van der Waals surface area contributed by atoms with Gasteiger partial charge in [0.2, 0.25) is 0 Å². The van der Waals surface area contributed by atoms with Gasteiger partial charge in [-0.1, -0.05) is 27.7 Å². The Balaban J connectivity index is 1.98. The summed E-state index contributed by atoms with van der Waals surface area (Å²) in [7, 11) is 0. The molecule has 21 heavy (non-hydrogen) atoms. The fourth-order valence-electron chi connectivity index (χ4n) is 3.32. The Bertz CT molecular complexity index is 409. The minimum absolute atomic E-state index is 0.549. The number of nitrogens with zero attached hydrogens (tertiary/aromatic N) is 3. The molecule has 2 heterocycles. The minimum atomic E-state index is 0.549. The molecule has 0 aromatic carbocycles. The van der Waals surface area contributed by atoms with E-state index in [-0.39, 0.29) is 0 Å². The lowest BCUT2D eigenvalue weighted by Gasteiger charge is -2.36. The summed E-state index contributed by atoms with van der Waals surface area (Å²) in [5.41, 5.74) is 1.22. The van der Waals surface area contributed by atoms with Gasteiger partial charge in [0.25, 0.3) is 0 Å². The summed E-state index contributed by atoms with van der Waals surface area (Å²) < 4.78 is 2.16. The van der Waals surface area contributed by atoms with Gasteiger partial charge in [0, 0.05) is 38.4 Å². The van der Waals surface area contributed by atoms with Crippen molar-refractivity contribution in [3.8, 4) is 0 Å². The first-order valence-electron chi connectivity index (χ1n) is 8.62. The Hall–Kier alpha value is -0.870. The summed E-state index contributed by atoms with van der Waals surface area (Å²) in [6.07, 6.45) is 5.73. The average Bonchev–Trinajstić information content (AvgIpc) is 2.90. The second kappa shape index (κ2) is 7.95. The van der Waals surface area contributed by atoms with E-state index in [2.05, 4.69) is 54.9 Å². The lowest BCUT2D eigenvalue weighted by molar-refractivity contribution is 0.132. The van der Waals surface area contributed by atoms with Crippen LogP contribution in [0.2, 0.25) is 0 Å². The molecule has 0 bridgehead atoms. The monoisotopic (exact) mass is 292 g/mol. The van der Waals surface area contributed by atoms with Crippen molar-refractivity contribution in [2.24, 2.45) is 5.92 Å². The molecule has 1 N–H and O–H groups in total. The smallest absolute Gasteiger partial charge is 0.0765 e. The van der Waals surface area contributed by atoms with Crippen LogP contribution in [0.25, 0.3) is 0 Å². The average molecular weight is 292 g/mol. The fraction of sp³-hybridized carbons (Fsp3) is 0.824. The number of hydrogen-bond acceptors (Lipinski definition) is 3. The van der Waals surface area contributed by atoms with Gasteiger partial charge in [0.15, 0.2) is 0 Å². The van der Waals surface area contributed by atoms with Gasteiger partial charge >= 0.3 is 0 Å². The van der Waals surface area contributed by atoms with Crippen LogP contribution in [0, 0.1) is 5.92 Å². The molecule has 1 aromatic heterocycles. The number of rotatable bonds is 7. The number of hydrogen-bond donors (Lipinski definition) is 1. The van der Waals surface area contributed by atoms with Gasteiger partial charge in [-0.3, -0.25) is 9.58 Å². The molecular formula is C17H32N4. The highest BCUT2D eigenvalue weighted by Gasteiger charge is 2.23. The van der Waals surface area contributed by atoms with E-state index in [4.69, 9.17) is 5.10 Å². The van der Waals surface area contributed by atoms with Crippen LogP contribution in [-0.4, -0.2) is 40.4 Å². The van der Waals surface area contributed by atoms with Crippen LogP contribution >= 0.6 is 0 Å². The van der Waals surface area contributed by atoms with Crippen molar-refractivity contribution >= 4 is 0 Å². The van der Waals surface area contributed by atoms with Crippen LogP contribution in [0.3, 0.4) is 0 Å². The van der Waals surface area contributed by atoms with Crippen molar-refractivity contribution in [2.75, 3.05) is 19.6 Å². The molecule has 0 amide bonds. The predicted octanol–water partition coefficient (Wildman–Crippen LogP) is 3.06. The summed E-state index contributed by atoms with van der Waals surface area (Å²) in [5.74, 6) is 0.750. The first-order chi connectivity index (χ1) is 10.1. The molecule has 0 saturated carbocycles. The van der Waals surface area contributed by atoms with Crippen LogP contribution in [-0.2, 0) is 6.54 Å². The molecule has 4 nitrogen and oxygen atoms in total. The molecule has 0 radical (unpaired) electrons. The van der Waals surface area contributed by atoms with E-state index in [1.165, 1.54) is 12.1 Å². The Kier molecular flexibility index (Phi) is 6.24. The van der Waals surface area contributed by atoms with E-state index < -0.39 is 0 Å². The SMILES string of the molecule is CCC(CC)n1ccc(CN2CCNCC2CC(C)C)n1. The molecule has 1 fully saturated rings. The molecule has 0 aliphatic carbocycles. The van der Waals surface area contributed by atoms with E-state index in [1.807, 2.05) is 0 Å². The molecule has 120 valence electrons. The third kappa shape index (κ3) is 4.55. The Morgan fingerprint density at radius 3 is 2.76 bits per heavy atom. The molecule has 4 heteroatoms. The van der Waals surface area contributed by atoms with Crippen molar-refractivity contribution in [1.82, 2.24) is 20.0 Å². The van der Waals surface area contributed by atoms with Crippen molar-refractivity contribution in [3.05, 3.63) is 18.0 Å². The fourth-order valence-corrected chi connectivity index (χ4v) is 3.32. The van der Waals surface area contributed by atoms with E-state index in [1.54, 1.807) is 0 Å². The summed E-state index contributed by atoms with van der Waals surface area (Å²) in [4.78, 5) is 2.61. The summed E-state index contributed by atoms with van der Waals surface area (Å²) in [6.45, 7) is 13.5. The second-order valence-corrected chi connectivity index (χ2v) is 6.72. The van der Waals surface area contributed by atoms with Gasteiger partial charge in [-0.2, -0.15) is 5.10 Å². The highest BCUT2D eigenvalue weighted by molar-refractivity contribution is 5.01. The molecule has 1 saturated heterocycles. The summed E-state index contributed by atoms with van der Waals surface area (Å²) in [5, 5.41) is 8.34. The zero-order valence-electron chi connectivity index (χ0n) is 14.2. The Morgan fingerprint density at radius 2 is 2.10 bits per heavy atom. The summed E-state index contributed by atoms with van der Waals surface area (Å²) >= 11 is 0. The summed E-state index contributed by atoms with van der Waals surface area (Å²) in [6, 6.07) is 3.40. The minimum Gasteiger partial charge on any atom is -0.314 e. The van der Waals surface area contributed by atoms with Crippen molar-refractivity contribution < 1.29 is 0 Å². The first-order valence-corrected chi connectivity index (χ1v) is 8.62. The topological polar surface area (TPSA) is 33.1 Å². The molecule has 2 rings (SSSR count). The van der Waals surface area contributed by atoms with Crippen molar-refractivity contribution in [2.45, 2.75) is 65.6 Å². The quantitative estimate of drug-likeness (QED) is 0.838. The highest BCUT2D eigenvalue weighted by atomic mass is 15.3. The molecule has 1 aromatic rings. The van der Waals surface area contributed by atoms with Gasteiger partial charge in [0.05, 0.1) is 11.7 Å². The van der Waals surface area contributed by atoms with Crippen LogP contribution < -0.4 is 5.32 Å². The lowest BCUT2D eigenvalue weighted by atomic mass is 10.0. The van der Waals surface area contributed by atoms with Gasteiger partial charge in [-0.25, -0.2) is 0 Å². The van der Waals surface area contributed by atoms with E-state index >= 15 is 0 Å². The first kappa shape index (κ1) is 16.5. The van der Waals surface area contributed by atoms with E-state index in [9.17, 15) is 0 Å². The van der Waals surface area contributed by atoms with Gasteiger partial charge < -0.3 is 5.32 Å². The van der Waals surface area contributed by atoms with E-state index in [0.29, 0.717) is 12.1 Å². The van der Waals surface area contributed by atoms with Gasteiger partial charge in [-0.15, -0.1) is 0 Å². The van der Waals surface area contributed by atoms with Crippen LogP contribution in [0.4, 0.5) is 0 Å². The highest BCUT2D eigenvalue weighted by Crippen LogP contribution is 2.18. The Labute approximate surface area is 129 Å². The number of piperazine rings is 1. The van der Waals surface area contributed by atoms with Crippen LogP contribution in [0.1, 0.15) is 58.7 Å². The van der Waals surface area contributed by atoms with Crippen LogP contribution in [0.5, 0.6) is 0 Å². The second-order valence-electron chi connectivity index (χ2n) is 6.72. The van der Waals surface area contributed by atoms with Gasteiger partial charge in [-0.05, 0) is 31.2 Å². The van der Waals surface area contributed by atoms with E-state index in [0.717, 1.165) is 44.9 Å². The van der Waals surface area contributed by atoms with Crippen molar-refractivity contribution in [1.29, 1.82) is 0 Å². The normalized spacial score (nSPS) is 20.6. The molecule has 1 unspecified atom stereocenters. The number of nitrogens with one attached hydrogen (secondary N) is 1. The maximum atomic E-state index is 4.81. The third-order valence-electron chi connectivity index (χ3n) is 4.56. The lowest BCUT2D eigenvalue weighted by Crippen LogP contribution is -2.51. The standard InChI is InChI=1S/C17H32N4/c1-5-16(6-2)21-9-7-15(19-21)13-20-10-8-18-12-17(20)11-14(3)4/h7,9,14,16-18H,5-6,8,10-13H2,1-4H3. The van der Waals surface area contributed by atoms with Crippen molar-refractivity contribution in [3.63, 3.8) is 0 Å². The molecular weight excluding hydrogens is 260 g/mol. The molecule has 0 spiro atoms. The third-order valence-corrected chi connectivity index (χ3v) is 4.56. The largest absolute Gasteiger partial charge is 0.314 e. The Morgan fingerprint density at radius 1 is 1.33 bits per heavy atom. The zero-order chi connectivity index (χ0) is 15.2.